The molecule has 0 aliphatic carbocycles. The first-order valence-electron chi connectivity index (χ1n) is 7.07. The Morgan fingerprint density at radius 1 is 0.640 bits per heavy atom. The monoisotopic (exact) mass is 510 g/mol. The lowest BCUT2D eigenvalue weighted by molar-refractivity contribution is 1.27. The molecule has 25 heavy (non-hydrogen) atoms. The average molecular weight is 511 g/mol. The van der Waals surface area contributed by atoms with E-state index in [0.717, 1.165) is 0 Å². The number of fused-ring (bicyclic) bond motifs is 1. The molecule has 0 unspecified atom stereocenters. The largest absolute Gasteiger partial charge is 0.172 e. The Balaban J connectivity index is 1.31. The summed E-state index contributed by atoms with van der Waals surface area (Å²) in [4.78, 5) is 2.87. The third-order valence-electron chi connectivity index (χ3n) is 3.37. The first-order valence-corrected chi connectivity index (χ1v) is 16.0. The van der Waals surface area contributed by atoms with E-state index in [9.17, 15) is 0 Å². The lowest BCUT2D eigenvalue weighted by Gasteiger charge is -2.20. The van der Waals surface area contributed by atoms with Gasteiger partial charge in [-0.25, -0.2) is 0 Å². The molecular formula is C15H10S10. The van der Waals surface area contributed by atoms with Crippen LogP contribution in [-0.2, 0) is 0 Å². The quantitative estimate of drug-likeness (QED) is 0.376. The molecule has 1 spiro atoms. The van der Waals surface area contributed by atoms with Gasteiger partial charge in [0.25, 0.3) is 0 Å². The summed E-state index contributed by atoms with van der Waals surface area (Å²) in [6.45, 7) is 0. The summed E-state index contributed by atoms with van der Waals surface area (Å²) < 4.78 is 9.06. The third kappa shape index (κ3) is 3.53. The van der Waals surface area contributed by atoms with Crippen LogP contribution >= 0.6 is 118 Å². The van der Waals surface area contributed by atoms with Crippen molar-refractivity contribution >= 4 is 118 Å². The van der Waals surface area contributed by atoms with Crippen molar-refractivity contribution in [3.63, 3.8) is 0 Å². The Morgan fingerprint density at radius 2 is 1.12 bits per heavy atom. The number of rotatable bonds is 2. The van der Waals surface area contributed by atoms with Gasteiger partial charge in [-0.3, -0.25) is 0 Å². The summed E-state index contributed by atoms with van der Waals surface area (Å²) in [5.41, 5.74) is 0. The summed E-state index contributed by atoms with van der Waals surface area (Å²) in [5.74, 6) is 0. The molecule has 0 bridgehead atoms. The minimum Gasteiger partial charge on any atom is -0.121 e. The van der Waals surface area contributed by atoms with Crippen molar-refractivity contribution < 1.29 is 0 Å². The summed E-state index contributed by atoms with van der Waals surface area (Å²) in [7, 11) is 0. The number of hydrogen-bond acceptors (Lipinski definition) is 10. The van der Waals surface area contributed by atoms with Gasteiger partial charge in [0.05, 0.1) is 25.4 Å². The predicted octanol–water partition coefficient (Wildman–Crippen LogP) is 9.04. The minimum absolute atomic E-state index is 0.160. The molecule has 1 aromatic rings. The summed E-state index contributed by atoms with van der Waals surface area (Å²) >= 11 is 19.8. The van der Waals surface area contributed by atoms with E-state index in [-0.39, 0.29) is 2.74 Å². The molecule has 0 amide bonds. The highest BCUT2D eigenvalue weighted by Gasteiger charge is 2.50. The molecule has 0 aromatic heterocycles. The van der Waals surface area contributed by atoms with E-state index >= 15 is 0 Å². The second-order valence-electron chi connectivity index (χ2n) is 4.90. The van der Waals surface area contributed by atoms with E-state index in [1.165, 1.54) is 35.2 Å². The molecule has 5 rings (SSSR count). The van der Waals surface area contributed by atoms with Crippen LogP contribution in [0.4, 0.5) is 0 Å². The molecule has 4 aliphatic rings. The van der Waals surface area contributed by atoms with Gasteiger partial charge in [-0.15, -0.1) is 23.5 Å². The van der Waals surface area contributed by atoms with Gasteiger partial charge in [0.15, 0.2) is 2.74 Å². The van der Waals surface area contributed by atoms with Crippen LogP contribution in [0.5, 0.6) is 0 Å². The summed E-state index contributed by atoms with van der Waals surface area (Å²) in [6.07, 6.45) is 4.36. The molecule has 4 heterocycles. The fourth-order valence-electron chi connectivity index (χ4n) is 2.33. The van der Waals surface area contributed by atoms with Crippen LogP contribution in [0.25, 0.3) is 0 Å². The molecule has 0 nitrogen and oxygen atoms in total. The van der Waals surface area contributed by atoms with E-state index in [4.69, 9.17) is 0 Å². The van der Waals surface area contributed by atoms with Gasteiger partial charge < -0.3 is 0 Å². The smallest absolute Gasteiger partial charge is 0.121 e. The molecule has 0 N–H and O–H groups in total. The van der Waals surface area contributed by atoms with Crippen LogP contribution < -0.4 is 0 Å². The molecule has 10 heteroatoms. The standard InChI is InChI=1S/C15H10S10/c1-16-9-10(17-2)19-11(18-9)12-20-13-14(21-12)25-15(24-13)22-7-5-3-4-6-8(7)23-15/h3-6H,1-2H3. The lowest BCUT2D eigenvalue weighted by atomic mass is 10.4. The van der Waals surface area contributed by atoms with Crippen LogP contribution in [0.2, 0.25) is 0 Å². The van der Waals surface area contributed by atoms with Crippen molar-refractivity contribution in [2.45, 2.75) is 12.5 Å². The van der Waals surface area contributed by atoms with E-state index in [1.54, 1.807) is 0 Å². The predicted molar refractivity (Wildman–Crippen MR) is 135 cm³/mol. The van der Waals surface area contributed by atoms with E-state index < -0.39 is 0 Å². The fraction of sp³-hybridized carbons (Fsp3) is 0.200. The van der Waals surface area contributed by atoms with Crippen molar-refractivity contribution in [3.8, 4) is 0 Å². The Labute approximate surface area is 190 Å². The van der Waals surface area contributed by atoms with E-state index in [1.807, 2.05) is 94.1 Å². The second kappa shape index (κ2) is 7.65. The van der Waals surface area contributed by atoms with Crippen molar-refractivity contribution in [1.29, 1.82) is 0 Å². The molecular weight excluding hydrogens is 501 g/mol. The minimum atomic E-state index is 0.160. The normalized spacial score (nSPS) is 24.1. The van der Waals surface area contributed by atoms with Crippen molar-refractivity contribution in [3.05, 3.63) is 49.7 Å². The van der Waals surface area contributed by atoms with Crippen molar-refractivity contribution in [1.82, 2.24) is 0 Å². The molecule has 1 aromatic carbocycles. The van der Waals surface area contributed by atoms with Gasteiger partial charge in [-0.05, 0) is 24.6 Å². The molecule has 4 aliphatic heterocycles. The van der Waals surface area contributed by atoms with Crippen LogP contribution in [0.15, 0.2) is 59.5 Å². The molecule has 0 radical (unpaired) electrons. The maximum Gasteiger partial charge on any atom is 0.172 e. The summed E-state index contributed by atoms with van der Waals surface area (Å²) in [5, 5.41) is 0. The highest BCUT2D eigenvalue weighted by molar-refractivity contribution is 8.59. The Morgan fingerprint density at radius 3 is 1.60 bits per heavy atom. The maximum absolute atomic E-state index is 2.26. The molecule has 0 saturated carbocycles. The SMILES string of the molecule is CSC1=C(SC)SC(=C2SC3=C(S2)SC2(S3)Sc3ccccc3S2)S1. The first-order chi connectivity index (χ1) is 12.2. The van der Waals surface area contributed by atoms with Crippen molar-refractivity contribution in [2.75, 3.05) is 12.5 Å². The van der Waals surface area contributed by atoms with Gasteiger partial charge >= 0.3 is 0 Å². The topological polar surface area (TPSA) is 0 Å². The lowest BCUT2D eigenvalue weighted by Crippen LogP contribution is -2.00. The Bertz CT molecular complexity index is 787. The zero-order valence-electron chi connectivity index (χ0n) is 12.9. The molecule has 130 valence electrons. The van der Waals surface area contributed by atoms with Crippen LogP contribution in [0, 0.1) is 0 Å². The van der Waals surface area contributed by atoms with Gasteiger partial charge in [-0.2, -0.15) is 0 Å². The number of thioether (sulfide) groups is 10. The highest BCUT2D eigenvalue weighted by atomic mass is 32.3. The van der Waals surface area contributed by atoms with E-state index in [0.29, 0.717) is 0 Å². The second-order valence-corrected chi connectivity index (χ2v) is 18.7. The molecule has 0 saturated heterocycles. The van der Waals surface area contributed by atoms with Gasteiger partial charge in [-0.1, -0.05) is 106 Å². The van der Waals surface area contributed by atoms with E-state index in [2.05, 4.69) is 60.3 Å². The van der Waals surface area contributed by atoms with Crippen molar-refractivity contribution in [2.24, 2.45) is 0 Å². The first kappa shape index (κ1) is 18.9. The molecule has 0 fully saturated rings. The highest BCUT2D eigenvalue weighted by Crippen LogP contribution is 2.80. The van der Waals surface area contributed by atoms with Crippen LogP contribution in [0.1, 0.15) is 0 Å². The van der Waals surface area contributed by atoms with Gasteiger partial charge in [0, 0.05) is 9.79 Å². The van der Waals surface area contributed by atoms with Gasteiger partial charge in [0.2, 0.25) is 0 Å². The average Bonchev–Trinajstić information content (AvgIpc) is 3.34. The van der Waals surface area contributed by atoms with Crippen LogP contribution in [-0.4, -0.2) is 15.3 Å². The zero-order chi connectivity index (χ0) is 17.0. The number of benzene rings is 1. The maximum atomic E-state index is 2.26. The number of hydrogen-bond donors (Lipinski definition) is 0. The fourth-order valence-corrected chi connectivity index (χ4v) is 19.3. The Kier molecular flexibility index (Phi) is 5.79. The van der Waals surface area contributed by atoms with Gasteiger partial charge in [0.1, 0.15) is 0 Å². The zero-order valence-corrected chi connectivity index (χ0v) is 21.1. The summed E-state index contributed by atoms with van der Waals surface area (Å²) in [6, 6.07) is 8.81. The third-order valence-corrected chi connectivity index (χ3v) is 18.7. The Hall–Kier alpha value is 1.94. The molecule has 0 atom stereocenters. The van der Waals surface area contributed by atoms with Crippen LogP contribution in [0.3, 0.4) is 0 Å².